The number of carbonyl (C=O) groups is 1. The molecular formula is C13H23ClN4O3. The van der Waals surface area contributed by atoms with Gasteiger partial charge in [-0.2, -0.15) is 4.98 Å². The van der Waals surface area contributed by atoms with Gasteiger partial charge >= 0.3 is 0 Å². The van der Waals surface area contributed by atoms with E-state index in [2.05, 4.69) is 15.5 Å². The van der Waals surface area contributed by atoms with Crippen molar-refractivity contribution in [1.29, 1.82) is 0 Å². The van der Waals surface area contributed by atoms with Crippen molar-refractivity contribution in [2.75, 3.05) is 20.7 Å². The van der Waals surface area contributed by atoms with E-state index in [1.54, 1.807) is 19.1 Å². The van der Waals surface area contributed by atoms with Crippen molar-refractivity contribution < 1.29 is 14.1 Å². The number of likely N-dealkylation sites (N-methyl/N-ethyl adjacent to an activating group) is 1. The molecule has 1 aliphatic rings. The summed E-state index contributed by atoms with van der Waals surface area (Å²) >= 11 is 0. The fourth-order valence-electron chi connectivity index (χ4n) is 2.21. The first-order chi connectivity index (χ1) is 9.61. The highest BCUT2D eigenvalue weighted by Gasteiger charge is 2.25. The second-order valence-electron chi connectivity index (χ2n) is 5.12. The molecule has 2 unspecified atom stereocenters. The Morgan fingerprint density at radius 1 is 1.57 bits per heavy atom. The Morgan fingerprint density at radius 2 is 2.33 bits per heavy atom. The van der Waals surface area contributed by atoms with Crippen molar-refractivity contribution in [2.24, 2.45) is 0 Å². The third-order valence-corrected chi connectivity index (χ3v) is 3.56. The van der Waals surface area contributed by atoms with Crippen LogP contribution in [0, 0.1) is 0 Å². The second kappa shape index (κ2) is 8.31. The fourth-order valence-corrected chi connectivity index (χ4v) is 2.21. The molecule has 0 aromatic carbocycles. The average Bonchev–Trinajstić information content (AvgIpc) is 2.95. The van der Waals surface area contributed by atoms with Crippen LogP contribution >= 0.6 is 12.4 Å². The molecule has 7 nitrogen and oxygen atoms in total. The summed E-state index contributed by atoms with van der Waals surface area (Å²) in [5.74, 6) is 0.999. The van der Waals surface area contributed by atoms with E-state index in [1.807, 2.05) is 6.92 Å². The summed E-state index contributed by atoms with van der Waals surface area (Å²) in [7, 11) is 3.34. The van der Waals surface area contributed by atoms with E-state index in [1.165, 1.54) is 0 Å². The monoisotopic (exact) mass is 318 g/mol. The summed E-state index contributed by atoms with van der Waals surface area (Å²) in [6.07, 6.45) is 2.90. The van der Waals surface area contributed by atoms with Crippen LogP contribution in [0.5, 0.6) is 0 Å². The number of methoxy groups -OCH3 is 1. The Morgan fingerprint density at radius 3 is 2.95 bits per heavy atom. The van der Waals surface area contributed by atoms with E-state index in [4.69, 9.17) is 9.26 Å². The van der Waals surface area contributed by atoms with Gasteiger partial charge in [0.15, 0.2) is 5.82 Å². The van der Waals surface area contributed by atoms with Gasteiger partial charge in [0.05, 0.1) is 12.6 Å². The van der Waals surface area contributed by atoms with Crippen molar-refractivity contribution in [2.45, 2.75) is 44.9 Å². The first kappa shape index (κ1) is 17.9. The minimum absolute atomic E-state index is 0. The number of aromatic nitrogens is 2. The van der Waals surface area contributed by atoms with Gasteiger partial charge in [-0.15, -0.1) is 12.4 Å². The number of halogens is 1. The van der Waals surface area contributed by atoms with Crippen LogP contribution in [-0.2, 0) is 16.1 Å². The molecular weight excluding hydrogens is 296 g/mol. The number of rotatable bonds is 5. The summed E-state index contributed by atoms with van der Waals surface area (Å²) in [6.45, 7) is 3.07. The summed E-state index contributed by atoms with van der Waals surface area (Å²) < 4.78 is 10.3. The maximum absolute atomic E-state index is 12.2. The number of hydrogen-bond acceptors (Lipinski definition) is 6. The third-order valence-electron chi connectivity index (χ3n) is 3.56. The zero-order valence-electron chi connectivity index (χ0n) is 12.7. The smallest absolute Gasteiger partial charge is 0.246 e. The Labute approximate surface area is 130 Å². The van der Waals surface area contributed by atoms with Crippen molar-refractivity contribution in [1.82, 2.24) is 20.4 Å². The number of ether oxygens (including phenoxy) is 1. The standard InChI is InChI=1S/C13H22N4O3.ClH/c1-9(19-3)12-15-11(20-16-12)8-17(2)13(18)10-6-4-5-7-14-10;/h9-10,14H,4-8H2,1-3H3;1H. The predicted octanol–water partition coefficient (Wildman–Crippen LogP) is 1.30. The van der Waals surface area contributed by atoms with Gasteiger partial charge in [-0.1, -0.05) is 11.6 Å². The molecule has 0 saturated carbocycles. The molecule has 1 fully saturated rings. The van der Waals surface area contributed by atoms with Gasteiger partial charge in [0, 0.05) is 14.2 Å². The Hall–Kier alpha value is -1.18. The van der Waals surface area contributed by atoms with Gasteiger partial charge in [-0.25, -0.2) is 0 Å². The van der Waals surface area contributed by atoms with Crippen molar-refractivity contribution >= 4 is 18.3 Å². The summed E-state index contributed by atoms with van der Waals surface area (Å²) in [6, 6.07) is -0.0889. The largest absolute Gasteiger partial charge is 0.374 e. The molecule has 1 aromatic heterocycles. The van der Waals surface area contributed by atoms with Gasteiger partial charge in [-0.05, 0) is 26.3 Å². The minimum Gasteiger partial charge on any atom is -0.374 e. The lowest BCUT2D eigenvalue weighted by Gasteiger charge is -2.26. The number of carbonyl (C=O) groups excluding carboxylic acids is 1. The molecule has 2 rings (SSSR count). The quantitative estimate of drug-likeness (QED) is 0.881. The Kier molecular flexibility index (Phi) is 7.07. The molecule has 21 heavy (non-hydrogen) atoms. The summed E-state index contributed by atoms with van der Waals surface area (Å²) in [5, 5.41) is 7.09. The lowest BCUT2D eigenvalue weighted by molar-refractivity contribution is -0.133. The summed E-state index contributed by atoms with van der Waals surface area (Å²) in [4.78, 5) is 18.1. The van der Waals surface area contributed by atoms with Crippen LogP contribution in [0.1, 0.15) is 44.0 Å². The SMILES string of the molecule is COC(C)c1noc(CN(C)C(=O)C2CCCCN2)n1.Cl. The highest BCUT2D eigenvalue weighted by molar-refractivity contribution is 5.85. The minimum atomic E-state index is -0.214. The van der Waals surface area contributed by atoms with Crippen LogP contribution in [0.4, 0.5) is 0 Å². The maximum Gasteiger partial charge on any atom is 0.246 e. The van der Waals surface area contributed by atoms with Gasteiger partial charge in [0.25, 0.3) is 0 Å². The molecule has 0 radical (unpaired) electrons. The molecule has 0 spiro atoms. The van der Waals surface area contributed by atoms with E-state index in [9.17, 15) is 4.79 Å². The summed E-state index contributed by atoms with van der Waals surface area (Å²) in [5.41, 5.74) is 0. The number of piperidine rings is 1. The molecule has 8 heteroatoms. The van der Waals surface area contributed by atoms with E-state index < -0.39 is 0 Å². The highest BCUT2D eigenvalue weighted by Crippen LogP contribution is 2.14. The first-order valence-corrected chi connectivity index (χ1v) is 6.95. The van der Waals surface area contributed by atoms with Crippen LogP contribution < -0.4 is 5.32 Å². The number of nitrogens with one attached hydrogen (secondary N) is 1. The van der Waals surface area contributed by atoms with Crippen LogP contribution in [0.15, 0.2) is 4.52 Å². The molecule has 1 amide bonds. The lowest BCUT2D eigenvalue weighted by Crippen LogP contribution is -2.47. The molecule has 1 saturated heterocycles. The molecule has 2 heterocycles. The third kappa shape index (κ3) is 4.66. The van der Waals surface area contributed by atoms with Crippen LogP contribution in [-0.4, -0.2) is 47.7 Å². The van der Waals surface area contributed by atoms with Gasteiger partial charge in [0.1, 0.15) is 6.10 Å². The maximum atomic E-state index is 12.2. The van der Waals surface area contributed by atoms with E-state index in [0.29, 0.717) is 18.3 Å². The molecule has 0 bridgehead atoms. The number of hydrogen-bond donors (Lipinski definition) is 1. The van der Waals surface area contributed by atoms with Crippen molar-refractivity contribution in [3.63, 3.8) is 0 Å². The van der Waals surface area contributed by atoms with Crippen molar-refractivity contribution in [3.8, 4) is 0 Å². The van der Waals surface area contributed by atoms with E-state index in [-0.39, 0.29) is 30.5 Å². The first-order valence-electron chi connectivity index (χ1n) is 6.95. The predicted molar refractivity (Wildman–Crippen MR) is 79.1 cm³/mol. The molecule has 2 atom stereocenters. The van der Waals surface area contributed by atoms with Crippen LogP contribution in [0.25, 0.3) is 0 Å². The van der Waals surface area contributed by atoms with Gasteiger partial charge < -0.3 is 19.5 Å². The average molecular weight is 319 g/mol. The zero-order valence-corrected chi connectivity index (χ0v) is 13.5. The van der Waals surface area contributed by atoms with Crippen molar-refractivity contribution in [3.05, 3.63) is 11.7 Å². The topological polar surface area (TPSA) is 80.5 Å². The Bertz CT molecular complexity index is 448. The molecule has 1 N–H and O–H groups in total. The van der Waals surface area contributed by atoms with E-state index >= 15 is 0 Å². The normalized spacial score (nSPS) is 19.7. The number of nitrogens with zero attached hydrogens (tertiary/aromatic N) is 3. The second-order valence-corrected chi connectivity index (χ2v) is 5.12. The lowest BCUT2D eigenvalue weighted by atomic mass is 10.0. The van der Waals surface area contributed by atoms with Crippen LogP contribution in [0.2, 0.25) is 0 Å². The highest BCUT2D eigenvalue weighted by atomic mass is 35.5. The fraction of sp³-hybridized carbons (Fsp3) is 0.769. The molecule has 120 valence electrons. The molecule has 1 aliphatic heterocycles. The van der Waals surface area contributed by atoms with Crippen LogP contribution in [0.3, 0.4) is 0 Å². The van der Waals surface area contributed by atoms with E-state index in [0.717, 1.165) is 25.8 Å². The molecule has 0 aliphatic carbocycles. The van der Waals surface area contributed by atoms with Gasteiger partial charge in [-0.3, -0.25) is 4.79 Å². The zero-order chi connectivity index (χ0) is 14.5. The number of amides is 1. The van der Waals surface area contributed by atoms with Gasteiger partial charge in [0.2, 0.25) is 11.8 Å². The molecule has 1 aromatic rings. The Balaban J connectivity index is 0.00000220.